The van der Waals surface area contributed by atoms with E-state index in [1.165, 1.54) is 11.1 Å². The highest BCUT2D eigenvalue weighted by Crippen LogP contribution is 2.37. The number of carbonyl (C=O) groups excluding carboxylic acids is 1. The summed E-state index contributed by atoms with van der Waals surface area (Å²) in [5.74, 6) is 0.980. The van der Waals surface area contributed by atoms with Crippen LogP contribution in [-0.4, -0.2) is 32.6 Å². The Hall–Kier alpha value is -1.91. The molecule has 30 heavy (non-hydrogen) atoms. The van der Waals surface area contributed by atoms with Gasteiger partial charge < -0.3 is 4.43 Å². The van der Waals surface area contributed by atoms with Crippen molar-refractivity contribution in [2.75, 3.05) is 13.6 Å². The summed E-state index contributed by atoms with van der Waals surface area (Å²) < 4.78 is 6.31. The zero-order chi connectivity index (χ0) is 22.7. The summed E-state index contributed by atoms with van der Waals surface area (Å²) in [6.07, 6.45) is 0. The third-order valence-corrected chi connectivity index (χ3v) is 10.4. The minimum Gasteiger partial charge on any atom is -0.544 e. The van der Waals surface area contributed by atoms with E-state index in [1.807, 2.05) is 31.3 Å². The molecule has 0 aliphatic carbocycles. The summed E-state index contributed by atoms with van der Waals surface area (Å²) in [6, 6.07) is 16.3. The van der Waals surface area contributed by atoms with Crippen molar-refractivity contribution in [2.45, 2.75) is 71.6 Å². The SMILES string of the molecule is CN(CC(=O)c1ccc(O[Si](C)(C)C(C)(C)C)cc1)Cc1ccc(C(C)(C)C)cc1. The van der Waals surface area contributed by atoms with E-state index in [4.69, 9.17) is 4.43 Å². The Balaban J connectivity index is 1.95. The Kier molecular flexibility index (Phi) is 7.36. The lowest BCUT2D eigenvalue weighted by Gasteiger charge is -2.36. The molecule has 2 aromatic rings. The van der Waals surface area contributed by atoms with Gasteiger partial charge in [-0.25, -0.2) is 0 Å². The Bertz CT molecular complexity index is 841. The molecular weight excluding hydrogens is 386 g/mol. The van der Waals surface area contributed by atoms with Crippen molar-refractivity contribution >= 4 is 14.1 Å². The number of ketones is 1. The Morgan fingerprint density at radius 2 is 1.43 bits per heavy atom. The van der Waals surface area contributed by atoms with Crippen LogP contribution in [0.25, 0.3) is 0 Å². The highest BCUT2D eigenvalue weighted by atomic mass is 28.4. The van der Waals surface area contributed by atoms with E-state index in [1.54, 1.807) is 0 Å². The maximum Gasteiger partial charge on any atom is 0.250 e. The first kappa shape index (κ1) is 24.4. The van der Waals surface area contributed by atoms with E-state index in [0.717, 1.165) is 17.9 Å². The van der Waals surface area contributed by atoms with Crippen LogP contribution in [0.5, 0.6) is 5.75 Å². The molecule has 0 radical (unpaired) electrons. The van der Waals surface area contributed by atoms with Gasteiger partial charge in [-0.1, -0.05) is 65.8 Å². The summed E-state index contributed by atoms with van der Waals surface area (Å²) in [6.45, 7) is 18.9. The average Bonchev–Trinajstić information content (AvgIpc) is 2.60. The van der Waals surface area contributed by atoms with Crippen LogP contribution in [-0.2, 0) is 12.0 Å². The molecule has 0 amide bonds. The topological polar surface area (TPSA) is 29.5 Å². The van der Waals surface area contributed by atoms with E-state index < -0.39 is 8.32 Å². The molecule has 0 spiro atoms. The molecule has 164 valence electrons. The van der Waals surface area contributed by atoms with Crippen LogP contribution in [0.2, 0.25) is 18.1 Å². The zero-order valence-electron chi connectivity index (χ0n) is 20.3. The number of benzene rings is 2. The fourth-order valence-electron chi connectivity index (χ4n) is 2.97. The first-order valence-corrected chi connectivity index (χ1v) is 13.7. The molecule has 0 N–H and O–H groups in total. The normalized spacial score (nSPS) is 12.9. The molecule has 0 saturated heterocycles. The summed E-state index contributed by atoms with van der Waals surface area (Å²) in [7, 11) is 0.122. The van der Waals surface area contributed by atoms with Gasteiger partial charge in [0.05, 0.1) is 6.54 Å². The lowest BCUT2D eigenvalue weighted by molar-refractivity contribution is 0.0943. The number of likely N-dealkylation sites (N-methyl/N-ethyl adjacent to an activating group) is 1. The van der Waals surface area contributed by atoms with Crippen LogP contribution < -0.4 is 4.43 Å². The predicted octanol–water partition coefficient (Wildman–Crippen LogP) is 6.68. The smallest absolute Gasteiger partial charge is 0.250 e. The molecular formula is C26H39NO2Si. The molecule has 0 atom stereocenters. The molecule has 0 saturated carbocycles. The second kappa shape index (κ2) is 9.07. The third kappa shape index (κ3) is 6.54. The van der Waals surface area contributed by atoms with E-state index in [9.17, 15) is 4.79 Å². The first-order valence-electron chi connectivity index (χ1n) is 10.8. The van der Waals surface area contributed by atoms with Crippen molar-refractivity contribution in [3.63, 3.8) is 0 Å². The predicted molar refractivity (Wildman–Crippen MR) is 130 cm³/mol. The van der Waals surface area contributed by atoms with Crippen molar-refractivity contribution in [1.82, 2.24) is 4.90 Å². The standard InChI is InChI=1S/C26H39NO2Si/c1-25(2,3)22-14-10-20(11-15-22)18-27(7)19-24(28)21-12-16-23(17-13-21)29-30(8,9)26(4,5)6/h10-17H,18-19H2,1-9H3. The molecule has 0 heterocycles. The van der Waals surface area contributed by atoms with Crippen molar-refractivity contribution in [2.24, 2.45) is 0 Å². The number of rotatable bonds is 7. The highest BCUT2D eigenvalue weighted by Gasteiger charge is 2.38. The van der Waals surface area contributed by atoms with Crippen molar-refractivity contribution in [1.29, 1.82) is 0 Å². The maximum absolute atomic E-state index is 12.7. The third-order valence-electron chi connectivity index (χ3n) is 6.04. The quantitative estimate of drug-likeness (QED) is 0.366. The van der Waals surface area contributed by atoms with Gasteiger partial charge in [-0.3, -0.25) is 9.69 Å². The molecule has 0 aromatic heterocycles. The second-order valence-corrected chi connectivity index (χ2v) is 15.7. The number of Topliss-reactive ketones (excluding diaryl/α,β-unsaturated/α-hetero) is 1. The average molecular weight is 426 g/mol. The number of nitrogens with zero attached hydrogens (tertiary/aromatic N) is 1. The summed E-state index contributed by atoms with van der Waals surface area (Å²) >= 11 is 0. The zero-order valence-corrected chi connectivity index (χ0v) is 21.3. The van der Waals surface area contributed by atoms with Gasteiger partial charge in [-0.15, -0.1) is 0 Å². The highest BCUT2D eigenvalue weighted by molar-refractivity contribution is 6.74. The van der Waals surface area contributed by atoms with Crippen LogP contribution in [0.3, 0.4) is 0 Å². The lowest BCUT2D eigenvalue weighted by atomic mass is 9.87. The Labute approximate surface area is 184 Å². The Morgan fingerprint density at radius 1 is 0.900 bits per heavy atom. The molecule has 4 heteroatoms. The molecule has 2 aromatic carbocycles. The van der Waals surface area contributed by atoms with E-state index in [0.29, 0.717) is 6.54 Å². The minimum atomic E-state index is -1.87. The molecule has 0 unspecified atom stereocenters. The number of carbonyl (C=O) groups is 1. The van der Waals surface area contributed by atoms with E-state index >= 15 is 0 Å². The molecule has 0 fully saturated rings. The van der Waals surface area contributed by atoms with Gasteiger partial charge in [-0.05, 0) is 66.0 Å². The van der Waals surface area contributed by atoms with Crippen LogP contribution >= 0.6 is 0 Å². The van der Waals surface area contributed by atoms with Gasteiger partial charge in [0.15, 0.2) is 5.78 Å². The van der Waals surface area contributed by atoms with Crippen molar-refractivity contribution < 1.29 is 9.22 Å². The summed E-state index contributed by atoms with van der Waals surface area (Å²) in [4.78, 5) is 14.8. The molecule has 2 rings (SSSR count). The molecule has 0 bridgehead atoms. The number of hydrogen-bond donors (Lipinski definition) is 0. The number of hydrogen-bond acceptors (Lipinski definition) is 3. The van der Waals surface area contributed by atoms with Gasteiger partial charge >= 0.3 is 0 Å². The van der Waals surface area contributed by atoms with Crippen LogP contribution in [0, 0.1) is 0 Å². The van der Waals surface area contributed by atoms with Crippen LogP contribution in [0.15, 0.2) is 48.5 Å². The van der Waals surface area contributed by atoms with Crippen LogP contribution in [0.1, 0.15) is 63.0 Å². The molecule has 3 nitrogen and oxygen atoms in total. The largest absolute Gasteiger partial charge is 0.544 e. The van der Waals surface area contributed by atoms with Gasteiger partial charge in [0, 0.05) is 12.1 Å². The fourth-order valence-corrected chi connectivity index (χ4v) is 4.00. The second-order valence-electron chi connectivity index (χ2n) is 10.9. The lowest BCUT2D eigenvalue weighted by Crippen LogP contribution is -2.43. The molecule has 0 aliphatic rings. The van der Waals surface area contributed by atoms with E-state index in [2.05, 4.69) is 83.8 Å². The van der Waals surface area contributed by atoms with Gasteiger partial charge in [0.2, 0.25) is 8.32 Å². The van der Waals surface area contributed by atoms with Crippen molar-refractivity contribution in [3.05, 3.63) is 65.2 Å². The van der Waals surface area contributed by atoms with Gasteiger partial charge in [0.1, 0.15) is 5.75 Å². The summed E-state index contributed by atoms with van der Waals surface area (Å²) in [5, 5.41) is 0.148. The molecule has 0 aliphatic heterocycles. The monoisotopic (exact) mass is 425 g/mol. The first-order chi connectivity index (χ1) is 13.7. The van der Waals surface area contributed by atoms with Gasteiger partial charge in [-0.2, -0.15) is 0 Å². The maximum atomic E-state index is 12.7. The Morgan fingerprint density at radius 3 is 1.90 bits per heavy atom. The van der Waals surface area contributed by atoms with E-state index in [-0.39, 0.29) is 16.2 Å². The minimum absolute atomic E-state index is 0.127. The van der Waals surface area contributed by atoms with Gasteiger partial charge in [0.25, 0.3) is 0 Å². The summed E-state index contributed by atoms with van der Waals surface area (Å²) in [5.41, 5.74) is 3.43. The van der Waals surface area contributed by atoms with Crippen molar-refractivity contribution in [3.8, 4) is 5.75 Å². The van der Waals surface area contributed by atoms with Crippen LogP contribution in [0.4, 0.5) is 0 Å². The fraction of sp³-hybridized carbons (Fsp3) is 0.500.